The van der Waals surface area contributed by atoms with Crippen LogP contribution < -0.4 is 5.32 Å². The lowest BCUT2D eigenvalue weighted by atomic mass is 9.69. The summed E-state index contributed by atoms with van der Waals surface area (Å²) in [5.41, 5.74) is 3.07. The van der Waals surface area contributed by atoms with Crippen LogP contribution in [0.4, 0.5) is 0 Å². The number of ether oxygens (including phenoxy) is 2. The van der Waals surface area contributed by atoms with Gasteiger partial charge in [0, 0.05) is 22.9 Å². The largest absolute Gasteiger partial charge is 0.468 e. The fourth-order valence-corrected chi connectivity index (χ4v) is 4.88. The van der Waals surface area contributed by atoms with Crippen LogP contribution in [0.1, 0.15) is 38.7 Å². The molecule has 6 heteroatoms. The lowest BCUT2D eigenvalue weighted by molar-refractivity contribution is -0.151. The molecule has 4 rings (SSSR count). The average molecular weight is 434 g/mol. The molecule has 0 radical (unpaired) electrons. The van der Waals surface area contributed by atoms with Gasteiger partial charge in [0.2, 0.25) is 0 Å². The van der Waals surface area contributed by atoms with Crippen molar-refractivity contribution in [3.05, 3.63) is 70.6 Å². The number of benzene rings is 2. The first-order chi connectivity index (χ1) is 15.4. The number of methoxy groups -OCH3 is 1. The summed E-state index contributed by atoms with van der Waals surface area (Å²) in [6.45, 7) is 5.67. The predicted octanol–water partition coefficient (Wildman–Crippen LogP) is 4.02. The molecule has 3 atom stereocenters. The van der Waals surface area contributed by atoms with E-state index in [2.05, 4.69) is 5.32 Å². The Bertz CT molecular complexity index is 1180. The van der Waals surface area contributed by atoms with Gasteiger partial charge in [-0.3, -0.25) is 9.59 Å². The zero-order chi connectivity index (χ0) is 23.0. The van der Waals surface area contributed by atoms with E-state index in [1.165, 1.54) is 7.11 Å². The molecule has 0 saturated carbocycles. The minimum Gasteiger partial charge on any atom is -0.468 e. The SMILES string of the molecule is CCOC(=O)C1=C(C)NC2=C(C(=O)[C@@H](C(=O)OC)[C@@H](C)C2)[C@@H]1c1ccc2ccccc2c1. The summed E-state index contributed by atoms with van der Waals surface area (Å²) < 4.78 is 10.3. The number of Topliss-reactive ketones (excluding diaryl/α,β-unsaturated/α-hetero) is 1. The van der Waals surface area contributed by atoms with Gasteiger partial charge < -0.3 is 14.8 Å². The molecule has 0 fully saturated rings. The number of nitrogens with one attached hydrogen (secondary N) is 1. The molecule has 1 aliphatic carbocycles. The van der Waals surface area contributed by atoms with Crippen molar-refractivity contribution in [3.63, 3.8) is 0 Å². The first-order valence-electron chi connectivity index (χ1n) is 10.9. The van der Waals surface area contributed by atoms with E-state index < -0.39 is 23.8 Å². The first-order valence-corrected chi connectivity index (χ1v) is 10.9. The summed E-state index contributed by atoms with van der Waals surface area (Å²) in [6, 6.07) is 13.9. The minimum atomic E-state index is -0.898. The zero-order valence-corrected chi connectivity index (χ0v) is 18.7. The normalized spacial score (nSPS) is 23.0. The quantitative estimate of drug-likeness (QED) is 0.579. The molecule has 2 aliphatic rings. The highest BCUT2D eigenvalue weighted by atomic mass is 16.5. The topological polar surface area (TPSA) is 81.7 Å². The van der Waals surface area contributed by atoms with E-state index in [1.807, 2.05) is 56.3 Å². The van der Waals surface area contributed by atoms with Crippen molar-refractivity contribution in [1.82, 2.24) is 5.32 Å². The Labute approximate surface area is 187 Å². The third kappa shape index (κ3) is 3.60. The zero-order valence-electron chi connectivity index (χ0n) is 18.7. The Morgan fingerprint density at radius 2 is 1.84 bits per heavy atom. The van der Waals surface area contributed by atoms with Crippen LogP contribution in [-0.2, 0) is 23.9 Å². The van der Waals surface area contributed by atoms with Crippen LogP contribution in [0.25, 0.3) is 10.8 Å². The summed E-state index contributed by atoms with van der Waals surface area (Å²) >= 11 is 0. The van der Waals surface area contributed by atoms with Gasteiger partial charge in [-0.15, -0.1) is 0 Å². The number of carbonyl (C=O) groups excluding carboxylic acids is 3. The number of allylic oxidation sites excluding steroid dienone is 3. The highest BCUT2D eigenvalue weighted by Gasteiger charge is 2.47. The van der Waals surface area contributed by atoms with Crippen LogP contribution in [-0.4, -0.2) is 31.4 Å². The molecule has 1 N–H and O–H groups in total. The maximum absolute atomic E-state index is 13.7. The summed E-state index contributed by atoms with van der Waals surface area (Å²) in [4.78, 5) is 39.2. The summed E-state index contributed by atoms with van der Waals surface area (Å²) in [5.74, 6) is -3.05. The molecule has 6 nitrogen and oxygen atoms in total. The van der Waals surface area contributed by atoms with Crippen LogP contribution >= 0.6 is 0 Å². The Hall–Kier alpha value is -3.41. The molecule has 166 valence electrons. The number of ketones is 1. The van der Waals surface area contributed by atoms with Gasteiger partial charge in [0.15, 0.2) is 5.78 Å². The number of hydrogen-bond acceptors (Lipinski definition) is 6. The van der Waals surface area contributed by atoms with Crippen LogP contribution in [0.15, 0.2) is 65.0 Å². The number of rotatable bonds is 4. The van der Waals surface area contributed by atoms with Crippen molar-refractivity contribution in [2.45, 2.75) is 33.1 Å². The molecule has 1 aliphatic heterocycles. The Balaban J connectivity index is 1.92. The standard InChI is InChI=1S/C26H27NO5/c1-5-32-26(30)21-15(3)27-19-12-14(2)20(25(29)31-4)24(28)23(19)22(21)18-11-10-16-8-6-7-9-17(16)13-18/h6-11,13-14,20,22,27H,5,12H2,1-4H3/t14-,20-,22+/m0/s1. The molecular weight excluding hydrogens is 406 g/mol. The Kier molecular flexibility index (Phi) is 5.87. The second-order valence-corrected chi connectivity index (χ2v) is 8.36. The van der Waals surface area contributed by atoms with Gasteiger partial charge in [-0.25, -0.2) is 4.79 Å². The van der Waals surface area contributed by atoms with E-state index >= 15 is 0 Å². The lowest BCUT2D eigenvalue weighted by Crippen LogP contribution is -2.43. The lowest BCUT2D eigenvalue weighted by Gasteiger charge is -2.38. The maximum Gasteiger partial charge on any atom is 0.336 e. The number of carbonyl (C=O) groups is 3. The van der Waals surface area contributed by atoms with Gasteiger partial charge in [0.1, 0.15) is 5.92 Å². The third-order valence-electron chi connectivity index (χ3n) is 6.35. The molecular formula is C26H27NO5. The molecule has 0 aromatic heterocycles. The molecule has 0 saturated heterocycles. The van der Waals surface area contributed by atoms with Crippen molar-refractivity contribution in [2.24, 2.45) is 11.8 Å². The predicted molar refractivity (Wildman–Crippen MR) is 120 cm³/mol. The summed E-state index contributed by atoms with van der Waals surface area (Å²) in [6.07, 6.45) is 0.512. The second kappa shape index (κ2) is 8.61. The van der Waals surface area contributed by atoms with Crippen molar-refractivity contribution in [3.8, 4) is 0 Å². The fraction of sp³-hybridized carbons (Fsp3) is 0.346. The van der Waals surface area contributed by atoms with Crippen molar-refractivity contribution in [1.29, 1.82) is 0 Å². The molecule has 0 unspecified atom stereocenters. The summed E-state index contributed by atoms with van der Waals surface area (Å²) in [5, 5.41) is 5.34. The number of dihydropyridines is 1. The van der Waals surface area contributed by atoms with Gasteiger partial charge in [0.25, 0.3) is 0 Å². The van der Waals surface area contributed by atoms with Gasteiger partial charge >= 0.3 is 11.9 Å². The number of hydrogen-bond donors (Lipinski definition) is 1. The molecule has 1 heterocycles. The molecule has 2 aromatic carbocycles. The van der Waals surface area contributed by atoms with Gasteiger partial charge in [-0.1, -0.05) is 49.4 Å². The van der Waals surface area contributed by atoms with Crippen LogP contribution in [0.3, 0.4) is 0 Å². The monoisotopic (exact) mass is 433 g/mol. The third-order valence-corrected chi connectivity index (χ3v) is 6.35. The van der Waals surface area contributed by atoms with E-state index in [0.29, 0.717) is 23.3 Å². The molecule has 0 spiro atoms. The van der Waals surface area contributed by atoms with E-state index in [-0.39, 0.29) is 18.3 Å². The number of esters is 2. The van der Waals surface area contributed by atoms with Crippen molar-refractivity contribution >= 4 is 28.5 Å². The van der Waals surface area contributed by atoms with Crippen LogP contribution in [0.2, 0.25) is 0 Å². The molecule has 0 amide bonds. The van der Waals surface area contributed by atoms with Gasteiger partial charge in [-0.05, 0) is 42.5 Å². The smallest absolute Gasteiger partial charge is 0.336 e. The second-order valence-electron chi connectivity index (χ2n) is 8.36. The van der Waals surface area contributed by atoms with Crippen molar-refractivity contribution < 1.29 is 23.9 Å². The van der Waals surface area contributed by atoms with E-state index in [4.69, 9.17) is 9.47 Å². The molecule has 32 heavy (non-hydrogen) atoms. The number of fused-ring (bicyclic) bond motifs is 1. The average Bonchev–Trinajstić information content (AvgIpc) is 2.77. The van der Waals surface area contributed by atoms with Gasteiger partial charge in [-0.2, -0.15) is 0 Å². The maximum atomic E-state index is 13.7. The Morgan fingerprint density at radius 1 is 1.12 bits per heavy atom. The summed E-state index contributed by atoms with van der Waals surface area (Å²) in [7, 11) is 1.29. The van der Waals surface area contributed by atoms with Crippen LogP contribution in [0.5, 0.6) is 0 Å². The van der Waals surface area contributed by atoms with Gasteiger partial charge in [0.05, 0.1) is 19.3 Å². The Morgan fingerprint density at radius 3 is 2.53 bits per heavy atom. The molecule has 2 aromatic rings. The molecule has 0 bridgehead atoms. The minimum absolute atomic E-state index is 0.213. The van der Waals surface area contributed by atoms with E-state index in [9.17, 15) is 14.4 Å². The van der Waals surface area contributed by atoms with Crippen LogP contribution in [0, 0.1) is 11.8 Å². The van der Waals surface area contributed by atoms with E-state index in [0.717, 1.165) is 22.0 Å². The highest BCUT2D eigenvalue weighted by Crippen LogP contribution is 2.45. The van der Waals surface area contributed by atoms with Crippen molar-refractivity contribution in [2.75, 3.05) is 13.7 Å². The van der Waals surface area contributed by atoms with E-state index in [1.54, 1.807) is 6.92 Å². The highest BCUT2D eigenvalue weighted by molar-refractivity contribution is 6.12. The fourth-order valence-electron chi connectivity index (χ4n) is 4.88. The first kappa shape index (κ1) is 21.8.